The van der Waals surface area contributed by atoms with Gasteiger partial charge in [-0.3, -0.25) is 4.21 Å². The molecule has 0 aliphatic heterocycles. The van der Waals surface area contributed by atoms with E-state index in [1.54, 1.807) is 4.88 Å². The molecule has 0 spiro atoms. The summed E-state index contributed by atoms with van der Waals surface area (Å²) in [5.74, 6) is 1.55. The Kier molecular flexibility index (Phi) is 5.45. The summed E-state index contributed by atoms with van der Waals surface area (Å²) in [4.78, 5) is 1.55. The number of nitrogens with one attached hydrogen (secondary N) is 1. The van der Waals surface area contributed by atoms with Gasteiger partial charge in [0.1, 0.15) is 0 Å². The van der Waals surface area contributed by atoms with Crippen LogP contribution in [0.3, 0.4) is 0 Å². The number of thiophene rings is 1. The van der Waals surface area contributed by atoms with Crippen LogP contribution in [-0.2, 0) is 17.2 Å². The fourth-order valence-corrected chi connectivity index (χ4v) is 4.98. The molecule has 1 aliphatic rings. The molecule has 2 rings (SSSR count). The van der Waals surface area contributed by atoms with Crippen molar-refractivity contribution in [2.45, 2.75) is 32.2 Å². The van der Waals surface area contributed by atoms with Crippen LogP contribution in [0.15, 0.2) is 6.07 Å². The highest BCUT2D eigenvalue weighted by atomic mass is 127. The molecule has 0 saturated heterocycles. The van der Waals surface area contributed by atoms with Gasteiger partial charge in [-0.15, -0.1) is 11.3 Å². The molecule has 2 atom stereocenters. The molecule has 96 valence electrons. The lowest BCUT2D eigenvalue weighted by Crippen LogP contribution is -2.28. The van der Waals surface area contributed by atoms with E-state index in [0.29, 0.717) is 6.04 Å². The first-order chi connectivity index (χ1) is 8.20. The number of halogens is 1. The van der Waals surface area contributed by atoms with E-state index in [2.05, 4.69) is 34.0 Å². The summed E-state index contributed by atoms with van der Waals surface area (Å²) in [6.07, 6.45) is 3.73. The van der Waals surface area contributed by atoms with Crippen LogP contribution in [0.2, 0.25) is 0 Å². The highest BCUT2D eigenvalue weighted by Gasteiger charge is 2.21. The Morgan fingerprint density at radius 2 is 2.47 bits per heavy atom. The normalized spacial score (nSPS) is 21.2. The van der Waals surface area contributed by atoms with E-state index in [1.165, 1.54) is 27.7 Å². The summed E-state index contributed by atoms with van der Waals surface area (Å²) >= 11 is 4.33. The van der Waals surface area contributed by atoms with Crippen molar-refractivity contribution in [2.24, 2.45) is 0 Å². The van der Waals surface area contributed by atoms with Crippen LogP contribution in [0.25, 0.3) is 0 Å². The number of aryl methyl sites for hydroxylation is 1. The summed E-state index contributed by atoms with van der Waals surface area (Å²) in [5, 5.41) is 3.57. The zero-order valence-electron chi connectivity index (χ0n) is 10.0. The van der Waals surface area contributed by atoms with Crippen molar-refractivity contribution >= 4 is 44.7 Å². The van der Waals surface area contributed by atoms with E-state index in [0.717, 1.165) is 18.1 Å². The predicted octanol–water partition coefficient (Wildman–Crippen LogP) is 3.09. The third kappa shape index (κ3) is 3.75. The average molecular weight is 383 g/mol. The average Bonchev–Trinajstić information content (AvgIpc) is 2.70. The Labute approximate surface area is 123 Å². The summed E-state index contributed by atoms with van der Waals surface area (Å²) in [6.45, 7) is 2.85. The Morgan fingerprint density at radius 1 is 1.65 bits per heavy atom. The third-order valence-electron chi connectivity index (χ3n) is 3.13. The van der Waals surface area contributed by atoms with E-state index in [-0.39, 0.29) is 0 Å². The number of hydrogen-bond donors (Lipinski definition) is 1. The second-order valence-electron chi connectivity index (χ2n) is 4.26. The minimum atomic E-state index is -0.645. The first-order valence-electron chi connectivity index (χ1n) is 6.07. The van der Waals surface area contributed by atoms with Crippen molar-refractivity contribution in [1.29, 1.82) is 0 Å². The van der Waals surface area contributed by atoms with Crippen LogP contribution in [-0.4, -0.2) is 22.3 Å². The molecule has 2 nitrogen and oxygen atoms in total. The maximum absolute atomic E-state index is 11.4. The van der Waals surface area contributed by atoms with Crippen molar-refractivity contribution in [3.63, 3.8) is 0 Å². The molecule has 5 heteroatoms. The molecule has 1 heterocycles. The molecule has 0 aromatic carbocycles. The second kappa shape index (κ2) is 6.63. The van der Waals surface area contributed by atoms with Gasteiger partial charge in [0, 0.05) is 39.8 Å². The van der Waals surface area contributed by atoms with E-state index < -0.39 is 10.8 Å². The van der Waals surface area contributed by atoms with Gasteiger partial charge in [0.25, 0.3) is 0 Å². The monoisotopic (exact) mass is 383 g/mol. The molecule has 1 aromatic heterocycles. The summed E-state index contributed by atoms with van der Waals surface area (Å²) in [6, 6.07) is 2.81. The first kappa shape index (κ1) is 14.0. The maximum Gasteiger partial charge on any atom is 0.0659 e. The SMILES string of the molecule is CCS(=O)CCNC1CCCc2sc(I)cc21. The van der Waals surface area contributed by atoms with Gasteiger partial charge in [-0.1, -0.05) is 6.92 Å². The molecule has 0 fully saturated rings. The van der Waals surface area contributed by atoms with E-state index in [9.17, 15) is 4.21 Å². The Bertz CT molecular complexity index is 405. The van der Waals surface area contributed by atoms with Crippen molar-refractivity contribution in [3.8, 4) is 0 Å². The van der Waals surface area contributed by atoms with Gasteiger partial charge in [0.2, 0.25) is 0 Å². The molecule has 1 aliphatic carbocycles. The topological polar surface area (TPSA) is 29.1 Å². The maximum atomic E-state index is 11.4. The van der Waals surface area contributed by atoms with Crippen LogP contribution in [0.1, 0.15) is 36.2 Å². The largest absolute Gasteiger partial charge is 0.309 e. The quantitative estimate of drug-likeness (QED) is 0.792. The molecule has 17 heavy (non-hydrogen) atoms. The lowest BCUT2D eigenvalue weighted by Gasteiger charge is -2.23. The van der Waals surface area contributed by atoms with Crippen LogP contribution in [0.5, 0.6) is 0 Å². The van der Waals surface area contributed by atoms with E-state index >= 15 is 0 Å². The van der Waals surface area contributed by atoms with Gasteiger partial charge >= 0.3 is 0 Å². The molecule has 2 unspecified atom stereocenters. The lowest BCUT2D eigenvalue weighted by molar-refractivity contribution is 0.477. The van der Waals surface area contributed by atoms with Gasteiger partial charge in [-0.2, -0.15) is 0 Å². The Balaban J connectivity index is 1.92. The minimum Gasteiger partial charge on any atom is -0.309 e. The molecule has 0 bridgehead atoms. The standard InChI is InChI=1S/C12H18INOS2/c1-2-17(15)7-6-14-10-4-3-5-11-9(10)8-12(13)16-11/h8,10,14H,2-7H2,1H3. The minimum absolute atomic E-state index is 0.493. The zero-order chi connectivity index (χ0) is 12.3. The summed E-state index contributed by atoms with van der Waals surface area (Å²) in [7, 11) is -0.645. The van der Waals surface area contributed by atoms with Gasteiger partial charge in [-0.05, 0) is 53.5 Å². The molecule has 0 saturated carbocycles. The number of fused-ring (bicyclic) bond motifs is 1. The fraction of sp³-hybridized carbons (Fsp3) is 0.667. The van der Waals surface area contributed by atoms with Crippen LogP contribution < -0.4 is 5.32 Å². The van der Waals surface area contributed by atoms with E-state index in [4.69, 9.17) is 0 Å². The zero-order valence-corrected chi connectivity index (χ0v) is 13.8. The third-order valence-corrected chi connectivity index (χ3v) is 6.40. The molecule has 0 amide bonds. The van der Waals surface area contributed by atoms with Gasteiger partial charge < -0.3 is 5.32 Å². The molecule has 1 N–H and O–H groups in total. The van der Waals surface area contributed by atoms with Gasteiger partial charge in [-0.25, -0.2) is 0 Å². The van der Waals surface area contributed by atoms with Crippen LogP contribution in [0.4, 0.5) is 0 Å². The van der Waals surface area contributed by atoms with E-state index in [1.807, 2.05) is 18.3 Å². The van der Waals surface area contributed by atoms with Crippen molar-refractivity contribution in [3.05, 3.63) is 19.4 Å². The molecule has 0 radical (unpaired) electrons. The van der Waals surface area contributed by atoms with Crippen LogP contribution >= 0.6 is 33.9 Å². The fourth-order valence-electron chi connectivity index (χ4n) is 2.22. The van der Waals surface area contributed by atoms with Crippen molar-refractivity contribution in [1.82, 2.24) is 5.32 Å². The smallest absolute Gasteiger partial charge is 0.0659 e. The lowest BCUT2D eigenvalue weighted by atomic mass is 9.94. The molecular weight excluding hydrogens is 365 g/mol. The highest BCUT2D eigenvalue weighted by Crippen LogP contribution is 2.36. The number of hydrogen-bond acceptors (Lipinski definition) is 3. The highest BCUT2D eigenvalue weighted by molar-refractivity contribution is 14.1. The second-order valence-corrected chi connectivity index (χ2v) is 9.16. The summed E-state index contributed by atoms with van der Waals surface area (Å²) < 4.78 is 12.8. The predicted molar refractivity (Wildman–Crippen MR) is 84.3 cm³/mol. The molecule has 1 aromatic rings. The molecular formula is C12H18INOS2. The van der Waals surface area contributed by atoms with Crippen molar-refractivity contribution < 1.29 is 4.21 Å². The number of rotatable bonds is 5. The summed E-state index contributed by atoms with van der Waals surface area (Å²) in [5.41, 5.74) is 1.49. The van der Waals surface area contributed by atoms with Crippen molar-refractivity contribution in [2.75, 3.05) is 18.1 Å². The van der Waals surface area contributed by atoms with Crippen LogP contribution in [0, 0.1) is 2.88 Å². The Hall–Kier alpha value is 0.540. The van der Waals surface area contributed by atoms with Gasteiger partial charge in [0.05, 0.1) is 2.88 Å². The first-order valence-corrected chi connectivity index (χ1v) is 9.45. The van der Waals surface area contributed by atoms with Gasteiger partial charge in [0.15, 0.2) is 0 Å². The Morgan fingerprint density at radius 3 is 3.24 bits per heavy atom.